The van der Waals surface area contributed by atoms with Gasteiger partial charge in [-0.3, -0.25) is 15.1 Å². The second-order valence-corrected chi connectivity index (χ2v) is 7.66. The summed E-state index contributed by atoms with van der Waals surface area (Å²) in [6, 6.07) is 4.18. The van der Waals surface area contributed by atoms with Gasteiger partial charge in [-0.1, -0.05) is 23.5 Å². The minimum atomic E-state index is -4.58. The molecule has 0 fully saturated rings. The van der Waals surface area contributed by atoms with Gasteiger partial charge in [-0.15, -0.1) is 0 Å². The first-order valence-electron chi connectivity index (χ1n) is 9.09. The summed E-state index contributed by atoms with van der Waals surface area (Å²) >= 11 is 1.20. The predicted molar refractivity (Wildman–Crippen MR) is 107 cm³/mol. The molecule has 3 amide bonds. The van der Waals surface area contributed by atoms with Gasteiger partial charge in [-0.25, -0.2) is 14.8 Å². The second-order valence-electron chi connectivity index (χ2n) is 6.58. The van der Waals surface area contributed by atoms with E-state index in [1.165, 1.54) is 53.0 Å². The molecule has 3 aromatic rings. The second kappa shape index (κ2) is 8.30. The molecule has 4 rings (SSSR count). The van der Waals surface area contributed by atoms with Crippen LogP contribution in [0.15, 0.2) is 42.9 Å². The molecule has 31 heavy (non-hydrogen) atoms. The molecule has 0 unspecified atom stereocenters. The highest BCUT2D eigenvalue weighted by Gasteiger charge is 2.34. The number of carbonyl (C=O) groups excluding carboxylic acids is 2. The number of nitrogens with zero attached hydrogens (tertiary/aromatic N) is 4. The van der Waals surface area contributed by atoms with Crippen molar-refractivity contribution in [3.8, 4) is 0 Å². The highest BCUT2D eigenvalue weighted by molar-refractivity contribution is 7.15. The summed E-state index contributed by atoms with van der Waals surface area (Å²) in [5.74, 6) is -0.461. The Morgan fingerprint density at radius 3 is 2.68 bits per heavy atom. The number of halogens is 3. The SMILES string of the molecule is O=C(Nc1nc2c(s1)CN(C(=O)Nc1ccccc1C(F)(F)F)CC2)c1cnccn1. The quantitative estimate of drug-likeness (QED) is 0.635. The number of para-hydroxylation sites is 1. The van der Waals surface area contributed by atoms with Crippen molar-refractivity contribution in [1.82, 2.24) is 19.9 Å². The van der Waals surface area contributed by atoms with Crippen LogP contribution in [-0.4, -0.2) is 38.3 Å². The summed E-state index contributed by atoms with van der Waals surface area (Å²) < 4.78 is 39.5. The fourth-order valence-corrected chi connectivity index (χ4v) is 4.05. The maximum Gasteiger partial charge on any atom is 0.418 e. The van der Waals surface area contributed by atoms with Gasteiger partial charge in [-0.05, 0) is 12.1 Å². The Morgan fingerprint density at radius 2 is 1.94 bits per heavy atom. The number of alkyl halides is 3. The topological polar surface area (TPSA) is 100 Å². The maximum atomic E-state index is 13.2. The van der Waals surface area contributed by atoms with Crippen molar-refractivity contribution in [2.24, 2.45) is 0 Å². The van der Waals surface area contributed by atoms with Gasteiger partial charge in [0.2, 0.25) is 0 Å². The van der Waals surface area contributed by atoms with Crippen LogP contribution in [0.4, 0.5) is 28.8 Å². The van der Waals surface area contributed by atoms with Gasteiger partial charge >= 0.3 is 12.2 Å². The molecule has 8 nitrogen and oxygen atoms in total. The van der Waals surface area contributed by atoms with E-state index in [9.17, 15) is 22.8 Å². The van der Waals surface area contributed by atoms with Crippen LogP contribution in [0.25, 0.3) is 0 Å². The minimum absolute atomic E-state index is 0.139. The number of urea groups is 1. The number of hydrogen-bond acceptors (Lipinski definition) is 6. The highest BCUT2D eigenvalue weighted by Crippen LogP contribution is 2.35. The molecule has 0 spiro atoms. The zero-order valence-corrected chi connectivity index (χ0v) is 16.6. The lowest BCUT2D eigenvalue weighted by molar-refractivity contribution is -0.136. The van der Waals surface area contributed by atoms with Crippen molar-refractivity contribution in [3.63, 3.8) is 0 Å². The number of benzene rings is 1. The van der Waals surface area contributed by atoms with Crippen LogP contribution < -0.4 is 10.6 Å². The van der Waals surface area contributed by atoms with Crippen molar-refractivity contribution in [3.05, 3.63) is 64.7 Å². The third-order valence-electron chi connectivity index (χ3n) is 4.51. The van der Waals surface area contributed by atoms with Crippen LogP contribution in [-0.2, 0) is 19.1 Å². The molecule has 1 aliphatic heterocycles. The number of anilines is 2. The lowest BCUT2D eigenvalue weighted by Crippen LogP contribution is -2.38. The van der Waals surface area contributed by atoms with E-state index in [0.29, 0.717) is 11.6 Å². The number of aromatic nitrogens is 3. The average Bonchev–Trinajstić information content (AvgIpc) is 3.15. The molecule has 1 aromatic carbocycles. The summed E-state index contributed by atoms with van der Waals surface area (Å²) in [5, 5.41) is 5.34. The Hall–Kier alpha value is -3.54. The fraction of sp³-hybridized carbons (Fsp3) is 0.211. The van der Waals surface area contributed by atoms with Gasteiger partial charge in [0.1, 0.15) is 5.69 Å². The largest absolute Gasteiger partial charge is 0.418 e. The standard InChI is InChI=1S/C19H15F3N6O2S/c20-19(21,22)11-3-1-2-4-12(11)26-18(30)28-8-5-13-15(10-28)31-17(25-13)27-16(29)14-9-23-6-7-24-14/h1-4,6-7,9H,5,8,10H2,(H,26,30)(H,25,27,29). The molecule has 0 aliphatic carbocycles. The molecule has 0 bridgehead atoms. The van der Waals surface area contributed by atoms with Crippen molar-refractivity contribution in [2.45, 2.75) is 19.1 Å². The molecule has 2 N–H and O–H groups in total. The average molecular weight is 448 g/mol. The van der Waals surface area contributed by atoms with Gasteiger partial charge in [0.25, 0.3) is 5.91 Å². The summed E-state index contributed by atoms with van der Waals surface area (Å²) in [7, 11) is 0. The minimum Gasteiger partial charge on any atom is -0.319 e. The molecule has 1 aliphatic rings. The zero-order chi connectivity index (χ0) is 22.0. The predicted octanol–water partition coefficient (Wildman–Crippen LogP) is 3.79. The Morgan fingerprint density at radius 1 is 1.13 bits per heavy atom. The normalized spacial score (nSPS) is 13.5. The van der Waals surface area contributed by atoms with Crippen LogP contribution in [0.2, 0.25) is 0 Å². The van der Waals surface area contributed by atoms with Crippen molar-refractivity contribution >= 4 is 34.1 Å². The van der Waals surface area contributed by atoms with Gasteiger partial charge in [0.05, 0.1) is 29.7 Å². The number of thiazole rings is 1. The van der Waals surface area contributed by atoms with Crippen LogP contribution in [0.1, 0.15) is 26.6 Å². The Labute approximate surface area is 178 Å². The summed E-state index contributed by atoms with van der Waals surface area (Å²) in [6.07, 6.45) is 0.0164. The van der Waals surface area contributed by atoms with E-state index in [0.717, 1.165) is 16.6 Å². The third kappa shape index (κ3) is 4.63. The van der Waals surface area contributed by atoms with E-state index in [-0.39, 0.29) is 24.5 Å². The van der Waals surface area contributed by atoms with Gasteiger partial charge < -0.3 is 10.2 Å². The lowest BCUT2D eigenvalue weighted by Gasteiger charge is -2.26. The number of carbonyl (C=O) groups is 2. The molecule has 0 saturated carbocycles. The van der Waals surface area contributed by atoms with Crippen LogP contribution in [0, 0.1) is 0 Å². The van der Waals surface area contributed by atoms with Crippen molar-refractivity contribution in [1.29, 1.82) is 0 Å². The highest BCUT2D eigenvalue weighted by atomic mass is 32.1. The molecule has 160 valence electrons. The lowest BCUT2D eigenvalue weighted by atomic mass is 10.1. The summed E-state index contributed by atoms with van der Waals surface area (Å²) in [5.41, 5.74) is -0.334. The monoisotopic (exact) mass is 448 g/mol. The Balaban J connectivity index is 1.44. The van der Waals surface area contributed by atoms with Gasteiger partial charge in [-0.2, -0.15) is 13.2 Å². The van der Waals surface area contributed by atoms with Crippen LogP contribution >= 0.6 is 11.3 Å². The molecule has 2 aromatic heterocycles. The Kier molecular flexibility index (Phi) is 5.55. The first kappa shape index (κ1) is 20.7. The molecule has 3 heterocycles. The number of hydrogen-bond donors (Lipinski definition) is 2. The van der Waals surface area contributed by atoms with Crippen LogP contribution in [0.5, 0.6) is 0 Å². The first-order valence-corrected chi connectivity index (χ1v) is 9.91. The smallest absolute Gasteiger partial charge is 0.319 e. The third-order valence-corrected chi connectivity index (χ3v) is 5.51. The van der Waals surface area contributed by atoms with E-state index < -0.39 is 23.7 Å². The van der Waals surface area contributed by atoms with E-state index in [1.54, 1.807) is 0 Å². The molecule has 12 heteroatoms. The summed E-state index contributed by atoms with van der Waals surface area (Å²) in [4.78, 5) is 39.1. The molecule has 0 radical (unpaired) electrons. The number of rotatable bonds is 3. The molecular formula is C19H15F3N6O2S. The molecule has 0 saturated heterocycles. The van der Waals surface area contributed by atoms with E-state index >= 15 is 0 Å². The number of amides is 3. The fourth-order valence-electron chi connectivity index (χ4n) is 3.03. The molecular weight excluding hydrogens is 433 g/mol. The van der Waals surface area contributed by atoms with Gasteiger partial charge in [0.15, 0.2) is 5.13 Å². The van der Waals surface area contributed by atoms with Crippen LogP contribution in [0.3, 0.4) is 0 Å². The van der Waals surface area contributed by atoms with E-state index in [1.807, 2.05) is 0 Å². The van der Waals surface area contributed by atoms with Crippen molar-refractivity contribution < 1.29 is 22.8 Å². The number of nitrogens with one attached hydrogen (secondary N) is 2. The summed E-state index contributed by atoms with van der Waals surface area (Å²) in [6.45, 7) is 0.461. The first-order chi connectivity index (χ1) is 14.8. The molecule has 0 atom stereocenters. The van der Waals surface area contributed by atoms with Gasteiger partial charge in [0, 0.05) is 30.2 Å². The van der Waals surface area contributed by atoms with E-state index in [4.69, 9.17) is 0 Å². The van der Waals surface area contributed by atoms with E-state index in [2.05, 4.69) is 25.6 Å². The van der Waals surface area contributed by atoms with Crippen molar-refractivity contribution in [2.75, 3.05) is 17.2 Å². The maximum absolute atomic E-state index is 13.2. The zero-order valence-electron chi connectivity index (χ0n) is 15.8. The number of fused-ring (bicyclic) bond motifs is 1. The Bertz CT molecular complexity index is 1120.